The molecule has 1 aliphatic rings. The van der Waals surface area contributed by atoms with Crippen molar-refractivity contribution in [1.29, 1.82) is 0 Å². The molecule has 1 aliphatic carbocycles. The highest BCUT2D eigenvalue weighted by Gasteiger charge is 2.20. The minimum Gasteiger partial charge on any atom is -0.398 e. The highest BCUT2D eigenvalue weighted by atomic mass is 32.1. The highest BCUT2D eigenvalue weighted by Crippen LogP contribution is 2.39. The van der Waals surface area contributed by atoms with Gasteiger partial charge in [-0.15, -0.1) is 24.0 Å². The van der Waals surface area contributed by atoms with Gasteiger partial charge in [0.1, 0.15) is 17.0 Å². The summed E-state index contributed by atoms with van der Waals surface area (Å²) in [4.78, 5) is 12.4. The Bertz CT molecular complexity index is 917. The van der Waals surface area contributed by atoms with E-state index in [0.29, 0.717) is 5.69 Å². The number of nitrogens with zero attached hydrogens (tertiary/aromatic N) is 2. The first kappa shape index (κ1) is 15.7. The zero-order chi connectivity index (χ0) is 16.7. The van der Waals surface area contributed by atoms with Crippen molar-refractivity contribution in [2.24, 2.45) is 0 Å². The van der Waals surface area contributed by atoms with Gasteiger partial charge in [-0.3, -0.25) is 0 Å². The van der Waals surface area contributed by atoms with Crippen molar-refractivity contribution in [2.75, 3.05) is 11.1 Å². The molecule has 0 radical (unpaired) electrons. The van der Waals surface area contributed by atoms with Gasteiger partial charge in [0.2, 0.25) is 0 Å². The van der Waals surface area contributed by atoms with E-state index in [4.69, 9.17) is 5.73 Å². The molecule has 124 valence electrons. The van der Waals surface area contributed by atoms with E-state index >= 15 is 0 Å². The van der Waals surface area contributed by atoms with Crippen molar-refractivity contribution < 1.29 is 0 Å². The number of aromatic nitrogens is 2. The van der Waals surface area contributed by atoms with E-state index in [0.717, 1.165) is 34.1 Å². The molecular formula is C18H20N4S2. The van der Waals surface area contributed by atoms with Crippen LogP contribution in [0.2, 0.25) is 0 Å². The lowest BCUT2D eigenvalue weighted by molar-refractivity contribution is 0.700. The predicted octanol–water partition coefficient (Wildman–Crippen LogP) is 4.75. The number of nitrogen functional groups attached to an aromatic ring is 1. The Balaban J connectivity index is 1.83. The molecule has 4 rings (SSSR count). The molecule has 0 saturated carbocycles. The van der Waals surface area contributed by atoms with Crippen LogP contribution < -0.4 is 11.1 Å². The molecule has 3 N–H and O–H groups in total. The minimum atomic E-state index is 0.710. The molecule has 0 unspecified atom stereocenters. The molecule has 0 atom stereocenters. The third-order valence-electron chi connectivity index (χ3n) is 4.64. The summed E-state index contributed by atoms with van der Waals surface area (Å²) in [7, 11) is 0. The Morgan fingerprint density at radius 2 is 2.08 bits per heavy atom. The third kappa shape index (κ3) is 2.63. The molecule has 0 bridgehead atoms. The number of hydrogen-bond acceptors (Lipinski definition) is 6. The number of thiol groups is 1. The van der Waals surface area contributed by atoms with Crippen molar-refractivity contribution in [3.8, 4) is 0 Å². The van der Waals surface area contributed by atoms with Crippen LogP contribution in [0.15, 0.2) is 23.4 Å². The van der Waals surface area contributed by atoms with Crippen LogP contribution in [-0.4, -0.2) is 9.97 Å². The number of rotatable bonds is 3. The van der Waals surface area contributed by atoms with Crippen molar-refractivity contribution in [3.05, 3.63) is 34.5 Å². The Morgan fingerprint density at radius 3 is 2.92 bits per heavy atom. The van der Waals surface area contributed by atoms with Crippen LogP contribution in [-0.2, 0) is 19.3 Å². The fourth-order valence-electron chi connectivity index (χ4n) is 3.37. The molecule has 3 aromatic rings. The SMILES string of the molecule is CCc1cc(N)c(S)cc1Nc1ncnc2sc3c(c12)CCCC3. The molecule has 2 aromatic heterocycles. The lowest BCUT2D eigenvalue weighted by atomic mass is 9.97. The van der Waals surface area contributed by atoms with Gasteiger partial charge in [-0.2, -0.15) is 0 Å². The number of nitrogens with one attached hydrogen (secondary N) is 1. The molecule has 6 heteroatoms. The number of anilines is 3. The molecule has 0 fully saturated rings. The molecule has 0 amide bonds. The van der Waals surface area contributed by atoms with Crippen molar-refractivity contribution >= 4 is 51.4 Å². The lowest BCUT2D eigenvalue weighted by Gasteiger charge is -2.15. The maximum absolute atomic E-state index is 6.00. The van der Waals surface area contributed by atoms with Crippen molar-refractivity contribution in [1.82, 2.24) is 9.97 Å². The summed E-state index contributed by atoms with van der Waals surface area (Å²) in [5.74, 6) is 0.895. The summed E-state index contributed by atoms with van der Waals surface area (Å²) in [6, 6.07) is 3.98. The third-order valence-corrected chi connectivity index (χ3v) is 6.22. The lowest BCUT2D eigenvalue weighted by Crippen LogP contribution is -2.03. The van der Waals surface area contributed by atoms with Crippen molar-refractivity contribution in [2.45, 2.75) is 43.9 Å². The Labute approximate surface area is 150 Å². The first-order valence-electron chi connectivity index (χ1n) is 8.31. The highest BCUT2D eigenvalue weighted by molar-refractivity contribution is 7.80. The van der Waals surface area contributed by atoms with E-state index in [-0.39, 0.29) is 0 Å². The first-order chi connectivity index (χ1) is 11.7. The number of hydrogen-bond donors (Lipinski definition) is 3. The van der Waals surface area contributed by atoms with Gasteiger partial charge in [0.15, 0.2) is 0 Å². The standard InChI is InChI=1S/C18H20N4S2/c1-2-10-7-12(19)14(23)8-13(10)22-17-16-11-5-3-4-6-15(11)24-18(16)21-9-20-17/h7-9,23H,2-6,19H2,1H3,(H,20,21,22). The smallest absolute Gasteiger partial charge is 0.142 e. The van der Waals surface area contributed by atoms with Gasteiger partial charge in [0.25, 0.3) is 0 Å². The largest absolute Gasteiger partial charge is 0.398 e. The van der Waals surface area contributed by atoms with Gasteiger partial charge in [-0.05, 0) is 55.4 Å². The van der Waals surface area contributed by atoms with Crippen LogP contribution in [0.25, 0.3) is 10.2 Å². The summed E-state index contributed by atoms with van der Waals surface area (Å²) in [5.41, 5.74) is 10.3. The average molecular weight is 357 g/mol. The van der Waals surface area contributed by atoms with E-state index in [1.54, 1.807) is 6.33 Å². The summed E-state index contributed by atoms with van der Waals surface area (Å²) >= 11 is 6.28. The fourth-order valence-corrected chi connectivity index (χ4v) is 4.80. The second-order valence-corrected chi connectivity index (χ2v) is 7.73. The fraction of sp³-hybridized carbons (Fsp3) is 0.333. The minimum absolute atomic E-state index is 0.710. The van der Waals surface area contributed by atoms with Crippen LogP contribution in [0, 0.1) is 0 Å². The monoisotopic (exact) mass is 356 g/mol. The normalized spacial score (nSPS) is 13.9. The molecule has 24 heavy (non-hydrogen) atoms. The molecule has 0 aliphatic heterocycles. The maximum atomic E-state index is 6.00. The topological polar surface area (TPSA) is 63.8 Å². The van der Waals surface area contributed by atoms with Gasteiger partial charge >= 0.3 is 0 Å². The van der Waals surface area contributed by atoms with Gasteiger partial charge in [0.05, 0.1) is 5.39 Å². The molecule has 0 saturated heterocycles. The molecular weight excluding hydrogens is 336 g/mol. The van der Waals surface area contributed by atoms with E-state index in [9.17, 15) is 0 Å². The quantitative estimate of drug-likeness (QED) is 0.468. The van der Waals surface area contributed by atoms with Crippen molar-refractivity contribution in [3.63, 3.8) is 0 Å². The van der Waals surface area contributed by atoms with Crippen LogP contribution in [0.1, 0.15) is 35.8 Å². The summed E-state index contributed by atoms with van der Waals surface area (Å²) in [6.45, 7) is 2.13. The van der Waals surface area contributed by atoms with E-state index in [1.165, 1.54) is 40.7 Å². The zero-order valence-electron chi connectivity index (χ0n) is 13.6. The van der Waals surface area contributed by atoms with Crippen LogP contribution in [0.5, 0.6) is 0 Å². The van der Waals surface area contributed by atoms with Gasteiger partial charge in [0, 0.05) is 21.1 Å². The Hall–Kier alpha value is -1.79. The zero-order valence-corrected chi connectivity index (χ0v) is 15.3. The molecule has 1 aromatic carbocycles. The van der Waals surface area contributed by atoms with Crippen LogP contribution in [0.4, 0.5) is 17.2 Å². The van der Waals surface area contributed by atoms with Crippen LogP contribution in [0.3, 0.4) is 0 Å². The second kappa shape index (κ2) is 6.26. The number of benzene rings is 1. The predicted molar refractivity (Wildman–Crippen MR) is 105 cm³/mol. The van der Waals surface area contributed by atoms with Gasteiger partial charge in [-0.1, -0.05) is 6.92 Å². The summed E-state index contributed by atoms with van der Waals surface area (Å²) < 4.78 is 0. The summed E-state index contributed by atoms with van der Waals surface area (Å²) in [6.07, 6.45) is 7.36. The molecule has 4 nitrogen and oxygen atoms in total. The van der Waals surface area contributed by atoms with E-state index in [2.05, 4.69) is 34.8 Å². The average Bonchev–Trinajstić information content (AvgIpc) is 2.97. The van der Waals surface area contributed by atoms with Gasteiger partial charge < -0.3 is 11.1 Å². The Kier molecular flexibility index (Phi) is 4.10. The van der Waals surface area contributed by atoms with Gasteiger partial charge in [-0.25, -0.2) is 9.97 Å². The second-order valence-electron chi connectivity index (χ2n) is 6.16. The molecule has 2 heterocycles. The molecule has 0 spiro atoms. The number of fused-ring (bicyclic) bond motifs is 3. The van der Waals surface area contributed by atoms with E-state index < -0.39 is 0 Å². The van der Waals surface area contributed by atoms with E-state index in [1.807, 2.05) is 23.5 Å². The Morgan fingerprint density at radius 1 is 1.25 bits per heavy atom. The van der Waals surface area contributed by atoms with Crippen LogP contribution >= 0.6 is 24.0 Å². The first-order valence-corrected chi connectivity index (χ1v) is 9.57. The number of thiophene rings is 1. The maximum Gasteiger partial charge on any atom is 0.142 e. The number of nitrogens with two attached hydrogens (primary N) is 1. The summed E-state index contributed by atoms with van der Waals surface area (Å²) in [5, 5.41) is 4.71. The number of aryl methyl sites for hydroxylation is 3.